The monoisotopic (exact) mass is 193 g/mol. The Balaban J connectivity index is 1.83. The molecule has 0 aliphatic carbocycles. The predicted molar refractivity (Wildman–Crippen MR) is 51.3 cm³/mol. The summed E-state index contributed by atoms with van der Waals surface area (Å²) >= 11 is 0. The van der Waals surface area contributed by atoms with Gasteiger partial charge >= 0.3 is 0 Å². The Labute approximate surface area is 83.9 Å². The topological polar surface area (TPSA) is 56.1 Å². The average molecular weight is 193 g/mol. The number of likely N-dealkylation sites (tertiary alicyclic amines) is 1. The fourth-order valence-electron chi connectivity index (χ4n) is 2.39. The molecule has 2 saturated heterocycles. The van der Waals surface area contributed by atoms with E-state index in [-0.39, 0.29) is 12.3 Å². The van der Waals surface area contributed by atoms with Crippen LogP contribution in [-0.4, -0.2) is 37.0 Å². The Morgan fingerprint density at radius 2 is 2.07 bits per heavy atom. The first-order chi connectivity index (χ1) is 6.76. The Morgan fingerprint density at radius 3 is 2.64 bits per heavy atom. The minimum absolute atomic E-state index is 0.00309. The molecule has 2 fully saturated rings. The van der Waals surface area contributed by atoms with Crippen molar-refractivity contribution in [1.29, 1.82) is 5.26 Å². The van der Waals surface area contributed by atoms with Gasteiger partial charge in [-0.15, -0.1) is 0 Å². The van der Waals surface area contributed by atoms with Crippen LogP contribution in [-0.2, 0) is 4.79 Å². The fourth-order valence-corrected chi connectivity index (χ4v) is 2.39. The van der Waals surface area contributed by atoms with Gasteiger partial charge in [0.15, 0.2) is 0 Å². The summed E-state index contributed by atoms with van der Waals surface area (Å²) < 4.78 is 0. The molecule has 0 aromatic heterocycles. The summed E-state index contributed by atoms with van der Waals surface area (Å²) in [6.07, 6.45) is 2.38. The number of carbonyl (C=O) groups is 1. The van der Waals surface area contributed by atoms with Gasteiger partial charge in [-0.05, 0) is 25.9 Å². The first-order valence-corrected chi connectivity index (χ1v) is 5.11. The van der Waals surface area contributed by atoms with E-state index in [1.54, 1.807) is 0 Å². The van der Waals surface area contributed by atoms with Gasteiger partial charge in [-0.25, -0.2) is 0 Å². The number of nitrogens with one attached hydrogen (secondary N) is 1. The lowest BCUT2D eigenvalue weighted by molar-refractivity contribution is -0.144. The smallest absolute Gasteiger partial charge is 0.236 e. The molecular weight excluding hydrogens is 178 g/mol. The van der Waals surface area contributed by atoms with Gasteiger partial charge in [-0.3, -0.25) is 4.79 Å². The average Bonchev–Trinajstić information content (AvgIpc) is 2.16. The molecule has 76 valence electrons. The van der Waals surface area contributed by atoms with E-state index in [9.17, 15) is 4.79 Å². The van der Waals surface area contributed by atoms with E-state index in [1.807, 2.05) is 11.0 Å². The Kier molecular flexibility index (Phi) is 2.42. The molecule has 0 radical (unpaired) electrons. The lowest BCUT2D eigenvalue weighted by atomic mass is 9.72. The predicted octanol–water partition coefficient (Wildman–Crippen LogP) is 0.112. The number of amides is 1. The second-order valence-electron chi connectivity index (χ2n) is 4.33. The molecule has 0 unspecified atom stereocenters. The Bertz CT molecular complexity index is 268. The molecule has 0 aromatic rings. The second kappa shape index (κ2) is 3.58. The summed E-state index contributed by atoms with van der Waals surface area (Å²) in [5, 5.41) is 11.7. The van der Waals surface area contributed by atoms with Gasteiger partial charge in [0, 0.05) is 18.5 Å². The van der Waals surface area contributed by atoms with Gasteiger partial charge in [-0.1, -0.05) is 0 Å². The fraction of sp³-hybridized carbons (Fsp3) is 0.800. The highest BCUT2D eigenvalue weighted by Gasteiger charge is 2.44. The third kappa shape index (κ3) is 1.60. The van der Waals surface area contributed by atoms with E-state index < -0.39 is 0 Å². The number of piperidine rings is 1. The summed E-state index contributed by atoms with van der Waals surface area (Å²) in [5.41, 5.74) is 0.385. The SMILES string of the molecule is N#CCC(=O)N1CC2(CCNCC2)C1. The largest absolute Gasteiger partial charge is 0.341 e. The highest BCUT2D eigenvalue weighted by Crippen LogP contribution is 2.38. The summed E-state index contributed by atoms with van der Waals surface area (Å²) in [7, 11) is 0. The molecule has 4 nitrogen and oxygen atoms in total. The maximum atomic E-state index is 11.3. The van der Waals surface area contributed by atoms with Crippen LogP contribution in [0.3, 0.4) is 0 Å². The lowest BCUT2D eigenvalue weighted by Gasteiger charge is -2.52. The first kappa shape index (κ1) is 9.47. The molecule has 1 amide bonds. The second-order valence-corrected chi connectivity index (χ2v) is 4.33. The van der Waals surface area contributed by atoms with Crippen LogP contribution >= 0.6 is 0 Å². The van der Waals surface area contributed by atoms with Crippen LogP contribution in [0.15, 0.2) is 0 Å². The van der Waals surface area contributed by atoms with E-state index in [0.29, 0.717) is 5.41 Å². The minimum Gasteiger partial charge on any atom is -0.341 e. The summed E-state index contributed by atoms with van der Waals surface area (Å²) in [4.78, 5) is 13.2. The molecule has 4 heteroatoms. The van der Waals surface area contributed by atoms with Crippen molar-refractivity contribution in [3.8, 4) is 6.07 Å². The molecule has 2 rings (SSSR count). The number of hydrogen-bond donors (Lipinski definition) is 1. The molecule has 14 heavy (non-hydrogen) atoms. The van der Waals surface area contributed by atoms with Crippen molar-refractivity contribution in [2.75, 3.05) is 26.2 Å². The van der Waals surface area contributed by atoms with E-state index >= 15 is 0 Å². The number of nitrogens with zero attached hydrogens (tertiary/aromatic N) is 2. The zero-order valence-corrected chi connectivity index (χ0v) is 8.25. The number of carbonyl (C=O) groups excluding carboxylic acids is 1. The molecule has 0 saturated carbocycles. The quantitative estimate of drug-likeness (QED) is 0.643. The maximum absolute atomic E-state index is 11.3. The van der Waals surface area contributed by atoms with Crippen molar-refractivity contribution in [2.24, 2.45) is 5.41 Å². The summed E-state index contributed by atoms with van der Waals surface area (Å²) in [5.74, 6) is -0.00309. The zero-order valence-electron chi connectivity index (χ0n) is 8.25. The minimum atomic E-state index is -0.00309. The van der Waals surface area contributed by atoms with Gasteiger partial charge in [0.05, 0.1) is 6.07 Å². The van der Waals surface area contributed by atoms with E-state index in [4.69, 9.17) is 5.26 Å². The molecular formula is C10H15N3O. The molecule has 0 bridgehead atoms. The standard InChI is InChI=1S/C10H15N3O/c11-4-1-9(14)13-7-10(8-13)2-5-12-6-3-10/h12H,1-3,5-8H2. The van der Waals surface area contributed by atoms with Crippen molar-refractivity contribution >= 4 is 5.91 Å². The van der Waals surface area contributed by atoms with Crippen molar-refractivity contribution in [1.82, 2.24) is 10.2 Å². The van der Waals surface area contributed by atoms with Gasteiger partial charge in [0.2, 0.25) is 5.91 Å². The molecule has 2 aliphatic heterocycles. The zero-order chi connectivity index (χ0) is 10.0. The van der Waals surface area contributed by atoms with Gasteiger partial charge in [0.25, 0.3) is 0 Å². The molecule has 0 aromatic carbocycles. The number of hydrogen-bond acceptors (Lipinski definition) is 3. The normalized spacial score (nSPS) is 24.1. The van der Waals surface area contributed by atoms with Crippen LogP contribution in [0, 0.1) is 16.7 Å². The third-order valence-electron chi connectivity index (χ3n) is 3.30. The highest BCUT2D eigenvalue weighted by atomic mass is 16.2. The van der Waals surface area contributed by atoms with Crippen molar-refractivity contribution in [3.05, 3.63) is 0 Å². The first-order valence-electron chi connectivity index (χ1n) is 5.11. The number of rotatable bonds is 1. The van der Waals surface area contributed by atoms with Crippen LogP contribution in [0.5, 0.6) is 0 Å². The van der Waals surface area contributed by atoms with Crippen molar-refractivity contribution in [2.45, 2.75) is 19.3 Å². The van der Waals surface area contributed by atoms with E-state index in [1.165, 1.54) is 12.8 Å². The Hall–Kier alpha value is -1.08. The molecule has 1 spiro atoms. The molecule has 2 heterocycles. The lowest BCUT2D eigenvalue weighted by Crippen LogP contribution is -2.61. The van der Waals surface area contributed by atoms with E-state index in [0.717, 1.165) is 26.2 Å². The molecule has 2 aliphatic rings. The van der Waals surface area contributed by atoms with Crippen LogP contribution in [0.25, 0.3) is 0 Å². The van der Waals surface area contributed by atoms with Crippen LogP contribution in [0.4, 0.5) is 0 Å². The molecule has 1 N–H and O–H groups in total. The van der Waals surface area contributed by atoms with Crippen LogP contribution in [0.1, 0.15) is 19.3 Å². The van der Waals surface area contributed by atoms with E-state index in [2.05, 4.69) is 5.32 Å². The van der Waals surface area contributed by atoms with Crippen molar-refractivity contribution < 1.29 is 4.79 Å². The van der Waals surface area contributed by atoms with Crippen LogP contribution < -0.4 is 5.32 Å². The third-order valence-corrected chi connectivity index (χ3v) is 3.30. The van der Waals surface area contributed by atoms with Gasteiger partial charge < -0.3 is 10.2 Å². The maximum Gasteiger partial charge on any atom is 0.236 e. The van der Waals surface area contributed by atoms with Gasteiger partial charge in [-0.2, -0.15) is 5.26 Å². The molecule has 0 atom stereocenters. The van der Waals surface area contributed by atoms with Crippen molar-refractivity contribution in [3.63, 3.8) is 0 Å². The summed E-state index contributed by atoms with van der Waals surface area (Å²) in [6, 6.07) is 1.90. The summed E-state index contributed by atoms with van der Waals surface area (Å²) in [6.45, 7) is 3.88. The van der Waals surface area contributed by atoms with Gasteiger partial charge in [0.1, 0.15) is 6.42 Å². The Morgan fingerprint density at radius 1 is 1.43 bits per heavy atom. The number of nitriles is 1. The highest BCUT2D eigenvalue weighted by molar-refractivity contribution is 5.79. The van der Waals surface area contributed by atoms with Crippen LogP contribution in [0.2, 0.25) is 0 Å².